The standard InChI is InChI=1S/C29H29BrN2O6/c1-4-6-20-7-13-26(27(16-20)35-3)37-19-28(33)32-31-18-22-17-23(30)10-14-25(22)38-29(34)21-8-11-24(12-9-21)36-15-5-2/h4,7-14,16-18H,1,5-6,15,19H2,2-3H3,(H,32,33). The van der Waals surface area contributed by atoms with Crippen LogP contribution in [0.15, 0.2) is 82.9 Å². The molecule has 198 valence electrons. The quantitative estimate of drug-likeness (QED) is 0.0912. The zero-order valence-corrected chi connectivity index (χ0v) is 22.8. The second kappa shape index (κ2) is 14.6. The third kappa shape index (κ3) is 8.48. The van der Waals surface area contributed by atoms with Crippen molar-refractivity contribution in [3.63, 3.8) is 0 Å². The molecule has 0 bridgehead atoms. The van der Waals surface area contributed by atoms with E-state index < -0.39 is 11.9 Å². The molecule has 0 unspecified atom stereocenters. The van der Waals surface area contributed by atoms with Gasteiger partial charge >= 0.3 is 5.97 Å². The Bertz CT molecular complexity index is 1290. The molecule has 0 radical (unpaired) electrons. The molecule has 0 aliphatic rings. The Morgan fingerprint density at radius 2 is 1.76 bits per heavy atom. The summed E-state index contributed by atoms with van der Waals surface area (Å²) in [5.41, 5.74) is 4.28. The van der Waals surface area contributed by atoms with Crippen molar-refractivity contribution in [3.05, 3.63) is 94.5 Å². The summed E-state index contributed by atoms with van der Waals surface area (Å²) in [5, 5.41) is 3.98. The number of nitrogens with zero attached hydrogens (tertiary/aromatic N) is 1. The molecule has 0 heterocycles. The predicted molar refractivity (Wildman–Crippen MR) is 149 cm³/mol. The molecule has 0 saturated heterocycles. The van der Waals surface area contributed by atoms with Crippen molar-refractivity contribution < 1.29 is 28.5 Å². The summed E-state index contributed by atoms with van der Waals surface area (Å²) in [6, 6.07) is 17.3. The molecule has 0 aliphatic carbocycles. The van der Waals surface area contributed by atoms with Crippen LogP contribution in [-0.4, -0.2) is 38.4 Å². The van der Waals surface area contributed by atoms with Crippen molar-refractivity contribution in [2.75, 3.05) is 20.3 Å². The van der Waals surface area contributed by atoms with Gasteiger partial charge in [-0.05, 0) is 73.0 Å². The Kier molecular flexibility index (Phi) is 10.9. The van der Waals surface area contributed by atoms with Crippen molar-refractivity contribution in [3.8, 4) is 23.0 Å². The molecule has 0 spiro atoms. The van der Waals surface area contributed by atoms with Crippen LogP contribution < -0.4 is 24.4 Å². The number of methoxy groups -OCH3 is 1. The van der Waals surface area contributed by atoms with Gasteiger partial charge in [-0.3, -0.25) is 4.79 Å². The van der Waals surface area contributed by atoms with Crippen molar-refractivity contribution in [2.24, 2.45) is 5.10 Å². The highest BCUT2D eigenvalue weighted by molar-refractivity contribution is 9.10. The maximum Gasteiger partial charge on any atom is 0.343 e. The first kappa shape index (κ1) is 28.5. The lowest BCUT2D eigenvalue weighted by Gasteiger charge is -2.11. The first-order chi connectivity index (χ1) is 18.4. The highest BCUT2D eigenvalue weighted by atomic mass is 79.9. The van der Waals surface area contributed by atoms with E-state index >= 15 is 0 Å². The SMILES string of the molecule is C=CCc1ccc(OCC(=O)NN=Cc2cc(Br)ccc2OC(=O)c2ccc(OCCC)cc2)c(OC)c1. The molecule has 9 heteroatoms. The highest BCUT2D eigenvalue weighted by Gasteiger charge is 2.13. The van der Waals surface area contributed by atoms with E-state index in [0.717, 1.165) is 16.5 Å². The molecule has 0 saturated carbocycles. The fraction of sp³-hybridized carbons (Fsp3) is 0.207. The average Bonchev–Trinajstić information content (AvgIpc) is 2.92. The number of carbonyl (C=O) groups excluding carboxylic acids is 2. The van der Waals surface area contributed by atoms with Crippen molar-refractivity contribution >= 4 is 34.0 Å². The number of hydrazone groups is 1. The van der Waals surface area contributed by atoms with E-state index in [1.54, 1.807) is 54.6 Å². The zero-order valence-electron chi connectivity index (χ0n) is 21.2. The van der Waals surface area contributed by atoms with E-state index in [9.17, 15) is 9.59 Å². The molecule has 3 rings (SSSR count). The predicted octanol–water partition coefficient (Wildman–Crippen LogP) is 5.72. The Balaban J connectivity index is 1.60. The number of allylic oxidation sites excluding steroid dienone is 1. The molecule has 0 atom stereocenters. The van der Waals surface area contributed by atoms with Crippen molar-refractivity contribution in [1.29, 1.82) is 0 Å². The molecule has 0 aliphatic heterocycles. The van der Waals surface area contributed by atoms with Crippen LogP contribution in [0.5, 0.6) is 23.0 Å². The maximum absolute atomic E-state index is 12.7. The minimum absolute atomic E-state index is 0.271. The Labute approximate surface area is 230 Å². The number of esters is 1. The van der Waals surface area contributed by atoms with Crippen molar-refractivity contribution in [1.82, 2.24) is 5.43 Å². The Hall–Kier alpha value is -4.11. The number of hydrogen-bond donors (Lipinski definition) is 1. The second-order valence-electron chi connectivity index (χ2n) is 8.00. The summed E-state index contributed by atoms with van der Waals surface area (Å²) < 4.78 is 22.8. The van der Waals surface area contributed by atoms with Crippen LogP contribution in [0.2, 0.25) is 0 Å². The molecule has 1 amide bonds. The third-order valence-corrected chi connectivity index (χ3v) is 5.59. The second-order valence-corrected chi connectivity index (χ2v) is 8.92. The molecule has 1 N–H and O–H groups in total. The summed E-state index contributed by atoms with van der Waals surface area (Å²) in [6.07, 6.45) is 4.76. The van der Waals surface area contributed by atoms with E-state index in [-0.39, 0.29) is 12.4 Å². The van der Waals surface area contributed by atoms with Gasteiger partial charge in [0.05, 0.1) is 25.5 Å². The summed E-state index contributed by atoms with van der Waals surface area (Å²) in [6.45, 7) is 6.07. The topological polar surface area (TPSA) is 95.5 Å². The van der Waals surface area contributed by atoms with Crippen LogP contribution in [-0.2, 0) is 11.2 Å². The van der Waals surface area contributed by atoms with Crippen LogP contribution in [0, 0.1) is 0 Å². The third-order valence-electron chi connectivity index (χ3n) is 5.10. The number of amides is 1. The largest absolute Gasteiger partial charge is 0.494 e. The fourth-order valence-electron chi connectivity index (χ4n) is 3.25. The first-order valence-electron chi connectivity index (χ1n) is 11.9. The van der Waals surface area contributed by atoms with Crippen LogP contribution in [0.3, 0.4) is 0 Å². The van der Waals surface area contributed by atoms with Gasteiger partial charge in [0.2, 0.25) is 0 Å². The van der Waals surface area contributed by atoms with Crippen molar-refractivity contribution in [2.45, 2.75) is 19.8 Å². The minimum atomic E-state index is -0.533. The lowest BCUT2D eigenvalue weighted by molar-refractivity contribution is -0.123. The number of hydrogen-bond acceptors (Lipinski definition) is 7. The van der Waals surface area contributed by atoms with E-state index in [2.05, 4.69) is 33.0 Å². The molecule has 8 nitrogen and oxygen atoms in total. The van der Waals surface area contributed by atoms with Gasteiger partial charge in [0.25, 0.3) is 5.91 Å². The van der Waals surface area contributed by atoms with Gasteiger partial charge in [0, 0.05) is 10.0 Å². The molecule has 3 aromatic carbocycles. The van der Waals surface area contributed by atoms with E-state index in [4.69, 9.17) is 18.9 Å². The number of carbonyl (C=O) groups is 2. The molecular weight excluding hydrogens is 552 g/mol. The smallest absolute Gasteiger partial charge is 0.343 e. The van der Waals surface area contributed by atoms with Gasteiger partial charge in [-0.15, -0.1) is 6.58 Å². The van der Waals surface area contributed by atoms with E-state index in [0.29, 0.717) is 41.4 Å². The minimum Gasteiger partial charge on any atom is -0.494 e. The van der Waals surface area contributed by atoms with E-state index in [1.165, 1.54) is 13.3 Å². The lowest BCUT2D eigenvalue weighted by atomic mass is 10.1. The zero-order chi connectivity index (χ0) is 27.3. The number of halogens is 1. The van der Waals surface area contributed by atoms with Crippen LogP contribution >= 0.6 is 15.9 Å². The summed E-state index contributed by atoms with van der Waals surface area (Å²) in [4.78, 5) is 24.9. The number of rotatable bonds is 13. The van der Waals surface area contributed by atoms with Gasteiger partial charge in [-0.1, -0.05) is 35.0 Å². The van der Waals surface area contributed by atoms with Crippen LogP contribution in [0.25, 0.3) is 0 Å². The molecule has 3 aromatic rings. The number of benzene rings is 3. The molecule has 38 heavy (non-hydrogen) atoms. The summed E-state index contributed by atoms with van der Waals surface area (Å²) in [5.74, 6) is 0.910. The average molecular weight is 581 g/mol. The number of ether oxygens (including phenoxy) is 4. The van der Waals surface area contributed by atoms with Gasteiger partial charge in [-0.2, -0.15) is 5.10 Å². The lowest BCUT2D eigenvalue weighted by Crippen LogP contribution is -2.24. The van der Waals surface area contributed by atoms with E-state index in [1.807, 2.05) is 19.1 Å². The fourth-order valence-corrected chi connectivity index (χ4v) is 3.63. The number of nitrogens with one attached hydrogen (secondary N) is 1. The summed E-state index contributed by atoms with van der Waals surface area (Å²) >= 11 is 3.40. The van der Waals surface area contributed by atoms with Crippen LogP contribution in [0.4, 0.5) is 0 Å². The highest BCUT2D eigenvalue weighted by Crippen LogP contribution is 2.28. The Morgan fingerprint density at radius 3 is 2.47 bits per heavy atom. The van der Waals surface area contributed by atoms with Gasteiger partial charge in [0.1, 0.15) is 11.5 Å². The maximum atomic E-state index is 12.7. The van der Waals surface area contributed by atoms with Gasteiger partial charge in [0.15, 0.2) is 18.1 Å². The molecular formula is C29H29BrN2O6. The molecule has 0 fully saturated rings. The first-order valence-corrected chi connectivity index (χ1v) is 12.7. The van der Waals surface area contributed by atoms with Gasteiger partial charge in [-0.25, -0.2) is 10.2 Å². The Morgan fingerprint density at radius 1 is 1.00 bits per heavy atom. The van der Waals surface area contributed by atoms with Crippen LogP contribution in [0.1, 0.15) is 34.8 Å². The monoisotopic (exact) mass is 580 g/mol. The molecule has 0 aromatic heterocycles. The van der Waals surface area contributed by atoms with Gasteiger partial charge < -0.3 is 18.9 Å². The summed E-state index contributed by atoms with van der Waals surface area (Å²) in [7, 11) is 1.53. The normalized spacial score (nSPS) is 10.6.